The molecule has 0 amide bonds. The lowest BCUT2D eigenvalue weighted by Gasteiger charge is -2.17. The van der Waals surface area contributed by atoms with Gasteiger partial charge in [-0.1, -0.05) is 0 Å². The molecule has 1 fully saturated rings. The number of ether oxygens (including phenoxy) is 1. The van der Waals surface area contributed by atoms with Gasteiger partial charge in [-0.2, -0.15) is 0 Å². The van der Waals surface area contributed by atoms with E-state index in [9.17, 15) is 0 Å². The Bertz CT molecular complexity index is 354. The molecule has 0 spiro atoms. The number of pyridine rings is 1. The molecule has 2 rings (SSSR count). The molecule has 0 saturated carbocycles. The first-order valence-electron chi connectivity index (χ1n) is 5.21. The summed E-state index contributed by atoms with van der Waals surface area (Å²) >= 11 is 0. The summed E-state index contributed by atoms with van der Waals surface area (Å²) in [7, 11) is 1.76. The largest absolute Gasteiger partial charge is 0.397 e. The topological polar surface area (TPSA) is 51.4 Å². The Hall–Kier alpha value is -1.29. The quantitative estimate of drug-likeness (QED) is 0.791. The van der Waals surface area contributed by atoms with Crippen LogP contribution in [0.4, 0.5) is 11.5 Å². The number of methoxy groups -OCH3 is 1. The lowest BCUT2D eigenvalue weighted by atomic mass is 10.3. The van der Waals surface area contributed by atoms with Crippen LogP contribution in [-0.2, 0) is 4.74 Å². The number of aryl methyl sites for hydroxylation is 1. The van der Waals surface area contributed by atoms with Gasteiger partial charge < -0.3 is 15.4 Å². The van der Waals surface area contributed by atoms with Crippen LogP contribution in [0.5, 0.6) is 0 Å². The van der Waals surface area contributed by atoms with Crippen molar-refractivity contribution in [3.05, 3.63) is 17.8 Å². The molecule has 2 heterocycles. The van der Waals surface area contributed by atoms with E-state index >= 15 is 0 Å². The van der Waals surface area contributed by atoms with Crippen molar-refractivity contribution in [3.8, 4) is 0 Å². The zero-order chi connectivity index (χ0) is 10.8. The fourth-order valence-electron chi connectivity index (χ4n) is 1.86. The number of nitrogens with zero attached hydrogens (tertiary/aromatic N) is 2. The molecule has 0 aromatic carbocycles. The highest BCUT2D eigenvalue weighted by Gasteiger charge is 2.23. The standard InChI is InChI=1S/C11H17N3O/c1-8-10(12)3-4-11(13-8)14-6-5-9(7-14)15-2/h3-4,9H,5-7,12H2,1-2H3/t9-/m1/s1. The molecule has 82 valence electrons. The normalized spacial score (nSPS) is 20.9. The molecular weight excluding hydrogens is 190 g/mol. The Kier molecular flexibility index (Phi) is 2.77. The summed E-state index contributed by atoms with van der Waals surface area (Å²) in [6, 6.07) is 3.89. The summed E-state index contributed by atoms with van der Waals surface area (Å²) in [5.74, 6) is 1.00. The second-order valence-corrected chi connectivity index (χ2v) is 3.94. The summed E-state index contributed by atoms with van der Waals surface area (Å²) in [6.07, 6.45) is 1.41. The highest BCUT2D eigenvalue weighted by molar-refractivity contribution is 5.50. The maximum Gasteiger partial charge on any atom is 0.129 e. The third-order valence-corrected chi connectivity index (χ3v) is 2.91. The van der Waals surface area contributed by atoms with Gasteiger partial charge in [0.2, 0.25) is 0 Å². The molecule has 1 atom stereocenters. The molecule has 0 radical (unpaired) electrons. The predicted molar refractivity (Wildman–Crippen MR) is 61.0 cm³/mol. The fraction of sp³-hybridized carbons (Fsp3) is 0.545. The van der Waals surface area contributed by atoms with E-state index in [1.165, 1.54) is 0 Å². The van der Waals surface area contributed by atoms with Gasteiger partial charge in [-0.3, -0.25) is 0 Å². The fourth-order valence-corrected chi connectivity index (χ4v) is 1.86. The average molecular weight is 207 g/mol. The van der Waals surface area contributed by atoms with Crippen LogP contribution in [0, 0.1) is 6.92 Å². The van der Waals surface area contributed by atoms with E-state index in [1.807, 2.05) is 19.1 Å². The lowest BCUT2D eigenvalue weighted by Crippen LogP contribution is -2.23. The number of nitrogens with two attached hydrogens (primary N) is 1. The molecule has 1 aromatic heterocycles. The molecule has 0 aliphatic carbocycles. The summed E-state index contributed by atoms with van der Waals surface area (Å²) < 4.78 is 5.32. The van der Waals surface area contributed by atoms with Crippen molar-refractivity contribution >= 4 is 11.5 Å². The maximum atomic E-state index is 5.74. The number of nitrogen functional groups attached to an aromatic ring is 1. The van der Waals surface area contributed by atoms with E-state index in [1.54, 1.807) is 7.11 Å². The second kappa shape index (κ2) is 4.06. The first kappa shape index (κ1) is 10.2. The van der Waals surface area contributed by atoms with Crippen LogP contribution in [-0.4, -0.2) is 31.3 Å². The van der Waals surface area contributed by atoms with E-state index in [2.05, 4.69) is 9.88 Å². The second-order valence-electron chi connectivity index (χ2n) is 3.94. The van der Waals surface area contributed by atoms with E-state index in [0.29, 0.717) is 6.10 Å². The van der Waals surface area contributed by atoms with Crippen LogP contribution in [0.3, 0.4) is 0 Å². The minimum atomic E-state index is 0.338. The first-order valence-corrected chi connectivity index (χ1v) is 5.21. The zero-order valence-corrected chi connectivity index (χ0v) is 9.23. The Balaban J connectivity index is 2.13. The van der Waals surface area contributed by atoms with Crippen LogP contribution >= 0.6 is 0 Å². The van der Waals surface area contributed by atoms with E-state index in [-0.39, 0.29) is 0 Å². The molecule has 0 unspecified atom stereocenters. The monoisotopic (exact) mass is 207 g/mol. The minimum absolute atomic E-state index is 0.338. The van der Waals surface area contributed by atoms with Crippen molar-refractivity contribution in [1.82, 2.24) is 4.98 Å². The highest BCUT2D eigenvalue weighted by Crippen LogP contribution is 2.21. The van der Waals surface area contributed by atoms with Crippen LogP contribution in [0.2, 0.25) is 0 Å². The number of rotatable bonds is 2. The molecule has 0 bridgehead atoms. The molecule has 1 aromatic rings. The van der Waals surface area contributed by atoms with Crippen LogP contribution in [0.25, 0.3) is 0 Å². The molecular formula is C11H17N3O. The van der Waals surface area contributed by atoms with Gasteiger partial charge in [-0.25, -0.2) is 4.98 Å². The van der Waals surface area contributed by atoms with E-state index in [4.69, 9.17) is 10.5 Å². The van der Waals surface area contributed by atoms with Crippen LogP contribution < -0.4 is 10.6 Å². The average Bonchev–Trinajstić information content (AvgIpc) is 2.70. The Morgan fingerprint density at radius 2 is 2.33 bits per heavy atom. The van der Waals surface area contributed by atoms with Gasteiger partial charge in [0.25, 0.3) is 0 Å². The number of aromatic nitrogens is 1. The van der Waals surface area contributed by atoms with Gasteiger partial charge in [0.1, 0.15) is 5.82 Å². The van der Waals surface area contributed by atoms with Crippen molar-refractivity contribution in [1.29, 1.82) is 0 Å². The molecule has 15 heavy (non-hydrogen) atoms. The van der Waals surface area contributed by atoms with E-state index in [0.717, 1.165) is 36.7 Å². The summed E-state index contributed by atoms with van der Waals surface area (Å²) in [6.45, 7) is 3.87. The maximum absolute atomic E-state index is 5.74. The van der Waals surface area contributed by atoms with Crippen molar-refractivity contribution in [2.45, 2.75) is 19.4 Å². The third kappa shape index (κ3) is 2.04. The van der Waals surface area contributed by atoms with Gasteiger partial charge >= 0.3 is 0 Å². The summed E-state index contributed by atoms with van der Waals surface area (Å²) in [5.41, 5.74) is 7.38. The number of anilines is 2. The van der Waals surface area contributed by atoms with E-state index < -0.39 is 0 Å². The van der Waals surface area contributed by atoms with Gasteiger partial charge in [0.05, 0.1) is 17.5 Å². The van der Waals surface area contributed by atoms with Crippen molar-refractivity contribution in [2.75, 3.05) is 30.8 Å². The highest BCUT2D eigenvalue weighted by atomic mass is 16.5. The van der Waals surface area contributed by atoms with Crippen molar-refractivity contribution < 1.29 is 4.74 Å². The molecule has 2 N–H and O–H groups in total. The minimum Gasteiger partial charge on any atom is -0.397 e. The van der Waals surface area contributed by atoms with Crippen LogP contribution in [0.15, 0.2) is 12.1 Å². The molecule has 1 aliphatic heterocycles. The SMILES string of the molecule is CO[C@@H]1CCN(c2ccc(N)c(C)n2)C1. The predicted octanol–water partition coefficient (Wildman–Crippen LogP) is 1.20. The first-order chi connectivity index (χ1) is 7.20. The molecule has 4 heteroatoms. The molecule has 4 nitrogen and oxygen atoms in total. The Morgan fingerprint density at radius 3 is 2.93 bits per heavy atom. The lowest BCUT2D eigenvalue weighted by molar-refractivity contribution is 0.121. The van der Waals surface area contributed by atoms with Gasteiger partial charge in [-0.05, 0) is 25.5 Å². The summed E-state index contributed by atoms with van der Waals surface area (Å²) in [4.78, 5) is 6.71. The van der Waals surface area contributed by atoms with Crippen molar-refractivity contribution in [2.24, 2.45) is 0 Å². The Morgan fingerprint density at radius 1 is 1.53 bits per heavy atom. The summed E-state index contributed by atoms with van der Waals surface area (Å²) in [5, 5.41) is 0. The number of hydrogen-bond acceptors (Lipinski definition) is 4. The van der Waals surface area contributed by atoms with Crippen molar-refractivity contribution in [3.63, 3.8) is 0 Å². The third-order valence-electron chi connectivity index (χ3n) is 2.91. The molecule has 1 saturated heterocycles. The van der Waals surface area contributed by atoms with Gasteiger partial charge in [0.15, 0.2) is 0 Å². The smallest absolute Gasteiger partial charge is 0.129 e. The molecule has 1 aliphatic rings. The van der Waals surface area contributed by atoms with Crippen LogP contribution in [0.1, 0.15) is 12.1 Å². The zero-order valence-electron chi connectivity index (χ0n) is 9.23. The van der Waals surface area contributed by atoms with Gasteiger partial charge in [0, 0.05) is 20.2 Å². The Labute approximate surface area is 90.0 Å². The number of hydrogen-bond donors (Lipinski definition) is 1. The van der Waals surface area contributed by atoms with Gasteiger partial charge in [-0.15, -0.1) is 0 Å².